The Bertz CT molecular complexity index is 264. The monoisotopic (exact) mass is 243 g/mol. The molecule has 0 saturated heterocycles. The van der Waals surface area contributed by atoms with Crippen LogP contribution in [0.5, 0.6) is 0 Å². The SMILES string of the molecule is COC1(N(C)C(=O)OC(C)(C)C)CCCCC1. The first-order valence-corrected chi connectivity index (χ1v) is 6.33. The molecule has 100 valence electrons. The summed E-state index contributed by atoms with van der Waals surface area (Å²) in [7, 11) is 3.44. The molecule has 0 aromatic carbocycles. The number of methoxy groups -OCH3 is 1. The number of amides is 1. The van der Waals surface area contributed by atoms with Gasteiger partial charge in [0, 0.05) is 14.2 Å². The van der Waals surface area contributed by atoms with Gasteiger partial charge in [0.15, 0.2) is 0 Å². The van der Waals surface area contributed by atoms with Gasteiger partial charge in [-0.25, -0.2) is 4.79 Å². The van der Waals surface area contributed by atoms with Crippen molar-refractivity contribution in [2.75, 3.05) is 14.2 Å². The van der Waals surface area contributed by atoms with E-state index < -0.39 is 11.3 Å². The molecule has 1 aliphatic carbocycles. The summed E-state index contributed by atoms with van der Waals surface area (Å²) in [5.41, 5.74) is -0.935. The topological polar surface area (TPSA) is 38.8 Å². The maximum absolute atomic E-state index is 12.0. The van der Waals surface area contributed by atoms with Crippen LogP contribution in [-0.4, -0.2) is 36.5 Å². The van der Waals surface area contributed by atoms with Crippen LogP contribution in [0.1, 0.15) is 52.9 Å². The van der Waals surface area contributed by atoms with Crippen molar-refractivity contribution >= 4 is 6.09 Å². The molecule has 1 aliphatic rings. The molecule has 1 rings (SSSR count). The Balaban J connectivity index is 2.71. The lowest BCUT2D eigenvalue weighted by Gasteiger charge is -2.43. The minimum absolute atomic E-state index is 0.304. The van der Waals surface area contributed by atoms with Crippen molar-refractivity contribution in [3.63, 3.8) is 0 Å². The minimum Gasteiger partial charge on any atom is -0.444 e. The van der Waals surface area contributed by atoms with E-state index in [1.54, 1.807) is 19.1 Å². The highest BCUT2D eigenvalue weighted by Gasteiger charge is 2.40. The average Bonchev–Trinajstić information content (AvgIpc) is 2.26. The van der Waals surface area contributed by atoms with E-state index in [2.05, 4.69) is 0 Å². The second kappa shape index (κ2) is 5.25. The molecule has 0 aromatic rings. The first-order valence-electron chi connectivity index (χ1n) is 6.33. The molecule has 0 atom stereocenters. The lowest BCUT2D eigenvalue weighted by Crippen LogP contribution is -2.53. The molecule has 4 nitrogen and oxygen atoms in total. The minimum atomic E-state index is -0.472. The highest BCUT2D eigenvalue weighted by atomic mass is 16.6. The van der Waals surface area contributed by atoms with E-state index in [0.717, 1.165) is 25.7 Å². The normalized spacial score (nSPS) is 19.8. The first kappa shape index (κ1) is 14.3. The van der Waals surface area contributed by atoms with Crippen molar-refractivity contribution in [2.45, 2.75) is 64.2 Å². The summed E-state index contributed by atoms with van der Waals surface area (Å²) in [6.45, 7) is 5.62. The van der Waals surface area contributed by atoms with Crippen LogP contribution in [0, 0.1) is 0 Å². The van der Waals surface area contributed by atoms with Crippen molar-refractivity contribution < 1.29 is 14.3 Å². The summed E-state index contributed by atoms with van der Waals surface area (Å²) in [5.74, 6) is 0. The summed E-state index contributed by atoms with van der Waals surface area (Å²) >= 11 is 0. The number of hydrogen-bond donors (Lipinski definition) is 0. The Morgan fingerprint density at radius 3 is 2.12 bits per heavy atom. The Kier molecular flexibility index (Phi) is 4.42. The van der Waals surface area contributed by atoms with Crippen LogP contribution in [0.4, 0.5) is 4.79 Å². The maximum atomic E-state index is 12.0. The molecule has 0 N–H and O–H groups in total. The van der Waals surface area contributed by atoms with Gasteiger partial charge in [0.25, 0.3) is 0 Å². The van der Waals surface area contributed by atoms with E-state index in [4.69, 9.17) is 9.47 Å². The summed E-state index contributed by atoms with van der Waals surface area (Å²) in [5, 5.41) is 0. The van der Waals surface area contributed by atoms with E-state index in [0.29, 0.717) is 0 Å². The van der Waals surface area contributed by atoms with Gasteiger partial charge in [-0.3, -0.25) is 4.90 Å². The fraction of sp³-hybridized carbons (Fsp3) is 0.923. The van der Waals surface area contributed by atoms with E-state index in [9.17, 15) is 4.79 Å². The Morgan fingerprint density at radius 2 is 1.71 bits per heavy atom. The van der Waals surface area contributed by atoms with E-state index in [-0.39, 0.29) is 6.09 Å². The van der Waals surface area contributed by atoms with Crippen molar-refractivity contribution in [1.29, 1.82) is 0 Å². The second-order valence-electron chi connectivity index (χ2n) is 5.75. The summed E-state index contributed by atoms with van der Waals surface area (Å²) in [4.78, 5) is 13.7. The zero-order chi connectivity index (χ0) is 13.1. The molecule has 0 unspecified atom stereocenters. The van der Waals surface area contributed by atoms with Gasteiger partial charge in [-0.2, -0.15) is 0 Å². The third-order valence-corrected chi connectivity index (χ3v) is 3.29. The number of rotatable bonds is 2. The van der Waals surface area contributed by atoms with Gasteiger partial charge in [-0.05, 0) is 46.5 Å². The molecule has 0 spiro atoms. The number of nitrogens with zero attached hydrogens (tertiary/aromatic N) is 1. The standard InChI is InChI=1S/C13H25NO3/c1-12(2,3)17-11(15)14(4)13(16-5)9-7-6-8-10-13/h6-10H2,1-5H3. The summed E-state index contributed by atoms with van der Waals surface area (Å²) in [6.07, 6.45) is 4.88. The summed E-state index contributed by atoms with van der Waals surface area (Å²) in [6, 6.07) is 0. The molecule has 17 heavy (non-hydrogen) atoms. The van der Waals surface area contributed by atoms with Gasteiger partial charge >= 0.3 is 6.09 Å². The first-order chi connectivity index (χ1) is 7.81. The fourth-order valence-electron chi connectivity index (χ4n) is 2.28. The molecule has 1 amide bonds. The molecule has 0 aromatic heterocycles. The summed E-state index contributed by atoms with van der Waals surface area (Å²) < 4.78 is 11.0. The largest absolute Gasteiger partial charge is 0.444 e. The Morgan fingerprint density at radius 1 is 1.18 bits per heavy atom. The van der Waals surface area contributed by atoms with Crippen LogP contribution >= 0.6 is 0 Å². The van der Waals surface area contributed by atoms with Gasteiger partial charge in [-0.1, -0.05) is 6.42 Å². The van der Waals surface area contributed by atoms with Crippen molar-refractivity contribution in [3.8, 4) is 0 Å². The predicted molar refractivity (Wildman–Crippen MR) is 66.8 cm³/mol. The Hall–Kier alpha value is -0.770. The third-order valence-electron chi connectivity index (χ3n) is 3.29. The molecule has 0 aliphatic heterocycles. The van der Waals surface area contributed by atoms with Crippen LogP contribution < -0.4 is 0 Å². The molecule has 1 saturated carbocycles. The van der Waals surface area contributed by atoms with E-state index in [1.807, 2.05) is 20.8 Å². The zero-order valence-corrected chi connectivity index (χ0v) is 11.7. The van der Waals surface area contributed by atoms with Crippen LogP contribution in [-0.2, 0) is 9.47 Å². The van der Waals surface area contributed by atoms with Gasteiger partial charge in [0.2, 0.25) is 0 Å². The van der Waals surface area contributed by atoms with Crippen LogP contribution in [0.3, 0.4) is 0 Å². The van der Waals surface area contributed by atoms with Gasteiger partial charge in [0.1, 0.15) is 11.3 Å². The number of hydrogen-bond acceptors (Lipinski definition) is 3. The molecule has 4 heteroatoms. The van der Waals surface area contributed by atoms with E-state index >= 15 is 0 Å². The number of ether oxygens (including phenoxy) is 2. The smallest absolute Gasteiger partial charge is 0.412 e. The third kappa shape index (κ3) is 3.60. The lowest BCUT2D eigenvalue weighted by atomic mass is 9.90. The van der Waals surface area contributed by atoms with Crippen molar-refractivity contribution in [1.82, 2.24) is 4.90 Å². The van der Waals surface area contributed by atoms with Crippen LogP contribution in [0.2, 0.25) is 0 Å². The van der Waals surface area contributed by atoms with Crippen LogP contribution in [0.25, 0.3) is 0 Å². The molecular weight excluding hydrogens is 218 g/mol. The highest BCUT2D eigenvalue weighted by molar-refractivity contribution is 5.68. The second-order valence-corrected chi connectivity index (χ2v) is 5.75. The van der Waals surface area contributed by atoms with Crippen molar-refractivity contribution in [2.24, 2.45) is 0 Å². The maximum Gasteiger partial charge on any atom is 0.412 e. The average molecular weight is 243 g/mol. The molecule has 0 bridgehead atoms. The quantitative estimate of drug-likeness (QED) is 0.699. The molecular formula is C13H25NO3. The van der Waals surface area contributed by atoms with Gasteiger partial charge in [0.05, 0.1) is 0 Å². The van der Waals surface area contributed by atoms with Gasteiger partial charge < -0.3 is 9.47 Å². The number of carbonyl (C=O) groups is 1. The lowest BCUT2D eigenvalue weighted by molar-refractivity contribution is -0.140. The molecule has 0 heterocycles. The van der Waals surface area contributed by atoms with Gasteiger partial charge in [-0.15, -0.1) is 0 Å². The van der Waals surface area contributed by atoms with Crippen LogP contribution in [0.15, 0.2) is 0 Å². The predicted octanol–water partition coefficient (Wildman–Crippen LogP) is 3.16. The fourth-order valence-corrected chi connectivity index (χ4v) is 2.28. The molecule has 0 radical (unpaired) electrons. The van der Waals surface area contributed by atoms with E-state index in [1.165, 1.54) is 6.42 Å². The highest BCUT2D eigenvalue weighted by Crippen LogP contribution is 2.34. The number of carbonyl (C=O) groups excluding carboxylic acids is 1. The zero-order valence-electron chi connectivity index (χ0n) is 11.7. The Labute approximate surface area is 104 Å². The molecule has 1 fully saturated rings. The van der Waals surface area contributed by atoms with Crippen molar-refractivity contribution in [3.05, 3.63) is 0 Å².